The zero-order valence-electron chi connectivity index (χ0n) is 22.4. The molecule has 0 fully saturated rings. The first-order chi connectivity index (χ1) is 17.7. The van der Waals surface area contributed by atoms with Crippen molar-refractivity contribution in [1.82, 2.24) is 15.9 Å². The first kappa shape index (κ1) is 31.3. The zero-order chi connectivity index (χ0) is 27.2. The Bertz CT molecular complexity index is 960. The summed E-state index contributed by atoms with van der Waals surface area (Å²) in [6, 6.07) is 8.70. The van der Waals surface area contributed by atoms with E-state index in [0.29, 0.717) is 31.0 Å². The molecule has 0 saturated heterocycles. The fourth-order valence-electron chi connectivity index (χ4n) is 3.85. The largest absolute Gasteiger partial charge is 0.467 e. The van der Waals surface area contributed by atoms with Crippen LogP contribution in [0.15, 0.2) is 41.0 Å². The molecule has 2 amide bonds. The molecule has 8 nitrogen and oxygen atoms in total. The highest BCUT2D eigenvalue weighted by molar-refractivity contribution is 7.98. The highest BCUT2D eigenvalue weighted by Gasteiger charge is 2.23. The summed E-state index contributed by atoms with van der Waals surface area (Å²) >= 11 is 3.31. The quantitative estimate of drug-likeness (QED) is 0.222. The zero-order valence-corrected chi connectivity index (χ0v) is 24.0. The average Bonchev–Trinajstić information content (AvgIpc) is 3.38. The maximum absolute atomic E-state index is 13.4. The van der Waals surface area contributed by atoms with E-state index < -0.39 is 13.1 Å². The second-order valence-electron chi connectivity index (χ2n) is 9.19. The number of benzene rings is 1. The van der Waals surface area contributed by atoms with Crippen molar-refractivity contribution in [3.05, 3.63) is 59.0 Å². The van der Waals surface area contributed by atoms with Crippen LogP contribution in [0, 0.1) is 0 Å². The third-order valence-corrected chi connectivity index (χ3v) is 7.05. The number of furan rings is 1. The molecule has 0 radical (unpaired) electrons. The Labute approximate surface area is 229 Å². The monoisotopic (exact) mass is 549 g/mol. The number of amides is 2. The minimum atomic E-state index is -0.659. The molecule has 2 rings (SSSR count). The summed E-state index contributed by atoms with van der Waals surface area (Å²) in [6.07, 6.45) is 6.06. The van der Waals surface area contributed by atoms with Crippen LogP contribution in [-0.2, 0) is 22.7 Å². The maximum Gasteiger partial charge on any atom is 0.373 e. The second-order valence-corrected chi connectivity index (χ2v) is 11.1. The number of thioether (sulfide) groups is 2. The van der Waals surface area contributed by atoms with Gasteiger partial charge in [-0.25, -0.2) is 0 Å². The Hall–Kier alpha value is -1.92. The molecule has 2 unspecified atom stereocenters. The molecule has 0 bridgehead atoms. The van der Waals surface area contributed by atoms with E-state index in [4.69, 9.17) is 9.15 Å². The number of hydrogen-bond acceptors (Lipinski definition) is 8. The molecule has 1 heterocycles. The highest BCUT2D eigenvalue weighted by Crippen LogP contribution is 2.22. The Morgan fingerprint density at radius 1 is 1.19 bits per heavy atom. The van der Waals surface area contributed by atoms with E-state index in [-0.39, 0.29) is 30.3 Å². The summed E-state index contributed by atoms with van der Waals surface area (Å²) < 4.78 is 11.2. The number of carbonyl (C=O) groups is 2. The highest BCUT2D eigenvalue weighted by atomic mass is 32.2. The second kappa shape index (κ2) is 16.8. The van der Waals surface area contributed by atoms with Gasteiger partial charge >= 0.3 is 7.05 Å². The van der Waals surface area contributed by atoms with Crippen molar-refractivity contribution in [1.29, 1.82) is 0 Å². The van der Waals surface area contributed by atoms with E-state index in [0.717, 1.165) is 22.6 Å². The van der Waals surface area contributed by atoms with Gasteiger partial charge in [0.2, 0.25) is 5.91 Å². The van der Waals surface area contributed by atoms with Gasteiger partial charge in [-0.1, -0.05) is 26.0 Å². The molecule has 1 aromatic heterocycles. The van der Waals surface area contributed by atoms with Crippen LogP contribution in [0.1, 0.15) is 53.4 Å². The van der Waals surface area contributed by atoms with Crippen LogP contribution in [0.3, 0.4) is 0 Å². The van der Waals surface area contributed by atoms with Gasteiger partial charge in [0.15, 0.2) is 0 Å². The van der Waals surface area contributed by atoms with Crippen LogP contribution in [-0.4, -0.2) is 66.6 Å². The Morgan fingerprint density at radius 2 is 1.97 bits per heavy atom. The number of rotatable bonds is 17. The van der Waals surface area contributed by atoms with Crippen molar-refractivity contribution in [2.45, 2.75) is 58.2 Å². The fraction of sp³-hybridized carbons (Fsp3) is 0.538. The molecule has 0 aliphatic carbocycles. The Balaban J connectivity index is 2.10. The van der Waals surface area contributed by atoms with Gasteiger partial charge in [0, 0.05) is 17.4 Å². The van der Waals surface area contributed by atoms with Crippen molar-refractivity contribution in [2.24, 2.45) is 0 Å². The van der Waals surface area contributed by atoms with Gasteiger partial charge in [-0.2, -0.15) is 23.5 Å². The van der Waals surface area contributed by atoms with Crippen molar-refractivity contribution >= 4 is 42.4 Å². The van der Waals surface area contributed by atoms with Gasteiger partial charge in [0.1, 0.15) is 11.8 Å². The van der Waals surface area contributed by atoms with Crippen molar-refractivity contribution in [2.75, 3.05) is 30.6 Å². The average molecular weight is 550 g/mol. The van der Waals surface area contributed by atoms with E-state index in [1.807, 2.05) is 44.6 Å². The lowest BCUT2D eigenvalue weighted by molar-refractivity contribution is -0.123. The van der Waals surface area contributed by atoms with Crippen LogP contribution < -0.4 is 15.9 Å². The summed E-state index contributed by atoms with van der Waals surface area (Å²) in [4.78, 5) is 26.3. The van der Waals surface area contributed by atoms with Gasteiger partial charge in [-0.05, 0) is 66.8 Å². The van der Waals surface area contributed by atoms with Gasteiger partial charge in [-0.3, -0.25) is 9.59 Å². The number of nitrogens with one attached hydrogen (secondary N) is 3. The van der Waals surface area contributed by atoms with Gasteiger partial charge < -0.3 is 30.0 Å². The summed E-state index contributed by atoms with van der Waals surface area (Å²) in [5, 5.41) is 18.5. The van der Waals surface area contributed by atoms with Crippen LogP contribution >= 0.6 is 23.5 Å². The van der Waals surface area contributed by atoms with Crippen molar-refractivity contribution in [3.63, 3.8) is 0 Å². The van der Waals surface area contributed by atoms with Gasteiger partial charge in [0.05, 0.1) is 26.0 Å². The number of ether oxygens (including phenoxy) is 1. The minimum Gasteiger partial charge on any atom is -0.467 e. The Morgan fingerprint density at radius 3 is 2.59 bits per heavy atom. The molecule has 1 aromatic carbocycles. The van der Waals surface area contributed by atoms with Gasteiger partial charge in [0.25, 0.3) is 5.91 Å². The number of hydrogen-bond donors (Lipinski definition) is 4. The molecule has 0 spiro atoms. The maximum atomic E-state index is 13.4. The van der Waals surface area contributed by atoms with E-state index in [9.17, 15) is 14.6 Å². The third-order valence-electron chi connectivity index (χ3n) is 5.67. The lowest BCUT2D eigenvalue weighted by atomic mass is 9.87. The van der Waals surface area contributed by atoms with Crippen molar-refractivity contribution < 1.29 is 23.8 Å². The lowest BCUT2D eigenvalue weighted by Crippen LogP contribution is -2.47. The Kier molecular flexibility index (Phi) is 14.2. The predicted molar refractivity (Wildman–Crippen MR) is 154 cm³/mol. The number of carbonyl (C=O) groups excluding carboxylic acids is 2. The first-order valence-electron chi connectivity index (χ1n) is 12.5. The first-order valence-corrected chi connectivity index (χ1v) is 15.3. The molecule has 11 heteroatoms. The van der Waals surface area contributed by atoms with Crippen molar-refractivity contribution in [3.8, 4) is 0 Å². The van der Waals surface area contributed by atoms with E-state index in [2.05, 4.69) is 15.9 Å². The minimum absolute atomic E-state index is 0.0181. The molecule has 0 saturated carbocycles. The predicted octanol–water partition coefficient (Wildman–Crippen LogP) is 3.52. The lowest BCUT2D eigenvalue weighted by Gasteiger charge is -2.21. The van der Waals surface area contributed by atoms with E-state index in [1.165, 1.54) is 0 Å². The fourth-order valence-corrected chi connectivity index (χ4v) is 4.92. The summed E-state index contributed by atoms with van der Waals surface area (Å²) in [7, 11) is -0.614. The molecule has 0 aliphatic rings. The van der Waals surface area contributed by atoms with E-state index in [1.54, 1.807) is 48.7 Å². The SMILES string of the molecule is CSCCC(NC(=O)c1cc(COCC(CSC)NB(C)O)ccc1C(C)C)C(=O)NCc1ccco1. The van der Waals surface area contributed by atoms with E-state index >= 15 is 0 Å². The molecule has 4 N–H and O–H groups in total. The molecule has 37 heavy (non-hydrogen) atoms. The van der Waals surface area contributed by atoms with Crippen LogP contribution in [0.2, 0.25) is 6.82 Å². The summed E-state index contributed by atoms with van der Waals surface area (Å²) in [5.41, 5.74) is 2.33. The van der Waals surface area contributed by atoms with Crippen LogP contribution in [0.4, 0.5) is 0 Å². The topological polar surface area (TPSA) is 113 Å². The van der Waals surface area contributed by atoms with Crippen LogP contribution in [0.5, 0.6) is 0 Å². The molecule has 2 atom stereocenters. The van der Waals surface area contributed by atoms with Crippen LogP contribution in [0.25, 0.3) is 0 Å². The summed E-state index contributed by atoms with van der Waals surface area (Å²) in [6.45, 7) is 6.81. The summed E-state index contributed by atoms with van der Waals surface area (Å²) in [5.74, 6) is 1.82. The normalized spacial score (nSPS) is 12.8. The molecule has 2 aromatic rings. The standard InChI is InChI=1S/C26H40BN3O5S2/c1-18(2)22-9-8-19(15-34-16-20(17-37-5)30-27(3)33)13-23(22)25(31)29-24(10-12-36-4)26(32)28-14-21-7-6-11-35-21/h6-9,11,13,18,20,24,30,33H,10,12,14-17H2,1-5H3,(H,28,32)(H,29,31). The molecular weight excluding hydrogens is 509 g/mol. The molecule has 0 aliphatic heterocycles. The smallest absolute Gasteiger partial charge is 0.373 e. The molecule has 204 valence electrons. The third kappa shape index (κ3) is 11.2. The van der Waals surface area contributed by atoms with Gasteiger partial charge in [-0.15, -0.1) is 0 Å². The molecular formula is C26H40BN3O5S2.